The zero-order valence-electron chi connectivity index (χ0n) is 9.72. The quantitative estimate of drug-likeness (QED) is 0.569. The lowest BCUT2D eigenvalue weighted by Crippen LogP contribution is -2.30. The number of nitrogens with one attached hydrogen (secondary N) is 1. The van der Waals surface area contributed by atoms with Crippen LogP contribution < -0.4 is 5.32 Å². The fourth-order valence-corrected chi connectivity index (χ4v) is 2.10. The molecule has 1 rings (SSSR count). The first-order valence-electron chi connectivity index (χ1n) is 5.50. The lowest BCUT2D eigenvalue weighted by Gasteiger charge is -2.21. The maximum atomic E-state index is 11.8. The topological polar surface area (TPSA) is 46.2 Å². The zero-order chi connectivity index (χ0) is 11.5. The second-order valence-electron chi connectivity index (χ2n) is 4.54. The van der Waals surface area contributed by atoms with Crippen LogP contribution in [-0.2, 0) is 9.59 Å². The lowest BCUT2D eigenvalue weighted by atomic mass is 9.80. The summed E-state index contributed by atoms with van der Waals surface area (Å²) >= 11 is 0. The van der Waals surface area contributed by atoms with E-state index in [2.05, 4.69) is 12.2 Å². The van der Waals surface area contributed by atoms with E-state index >= 15 is 0 Å². The van der Waals surface area contributed by atoms with Gasteiger partial charge in [0.05, 0.1) is 5.41 Å². The maximum Gasteiger partial charge on any atom is 0.237 e. The number of carbonyl (C=O) groups is 2. The molecular weight excluding hydrogens is 190 g/mol. The van der Waals surface area contributed by atoms with Crippen LogP contribution in [0.3, 0.4) is 0 Å². The molecule has 1 unspecified atom stereocenters. The van der Waals surface area contributed by atoms with E-state index in [1.54, 1.807) is 0 Å². The number of carbonyl (C=O) groups excluding carboxylic acids is 2. The summed E-state index contributed by atoms with van der Waals surface area (Å²) < 4.78 is 0. The number of hydrogen-bond donors (Lipinski definition) is 1. The minimum Gasteiger partial charge on any atom is -0.296 e. The van der Waals surface area contributed by atoms with Gasteiger partial charge in [-0.1, -0.05) is 31.4 Å². The van der Waals surface area contributed by atoms with Crippen molar-refractivity contribution in [3.8, 4) is 0 Å². The van der Waals surface area contributed by atoms with Crippen molar-refractivity contribution < 1.29 is 9.59 Å². The summed E-state index contributed by atoms with van der Waals surface area (Å²) in [6.07, 6.45) is 5.05. The molecule has 2 amide bonds. The molecule has 0 radical (unpaired) electrons. The first-order valence-corrected chi connectivity index (χ1v) is 5.50. The predicted molar refractivity (Wildman–Crippen MR) is 59.2 cm³/mol. The Bertz CT molecular complexity index is 303. The van der Waals surface area contributed by atoms with Crippen molar-refractivity contribution in [1.82, 2.24) is 5.32 Å². The predicted octanol–water partition coefficient (Wildman–Crippen LogP) is 2.18. The van der Waals surface area contributed by atoms with Gasteiger partial charge < -0.3 is 0 Å². The fourth-order valence-electron chi connectivity index (χ4n) is 2.10. The standard InChI is InChI=1S/C12H19NO2/c1-4-5-6-12(7-9(2)3)8-10(14)13-11(12)15/h7H,4-6,8H2,1-3H3,(H,13,14,15). The van der Waals surface area contributed by atoms with Gasteiger partial charge in [-0.05, 0) is 20.3 Å². The third-order valence-electron chi connectivity index (χ3n) is 2.72. The highest BCUT2D eigenvalue weighted by Crippen LogP contribution is 2.35. The van der Waals surface area contributed by atoms with Gasteiger partial charge in [0.15, 0.2) is 0 Å². The van der Waals surface area contributed by atoms with Gasteiger partial charge in [-0.3, -0.25) is 14.9 Å². The summed E-state index contributed by atoms with van der Waals surface area (Å²) in [4.78, 5) is 23.0. The molecule has 1 aliphatic rings. The van der Waals surface area contributed by atoms with E-state index in [-0.39, 0.29) is 11.8 Å². The molecule has 0 aliphatic carbocycles. The van der Waals surface area contributed by atoms with Gasteiger partial charge >= 0.3 is 0 Å². The minimum absolute atomic E-state index is 0.123. The van der Waals surface area contributed by atoms with Crippen LogP contribution in [0, 0.1) is 5.41 Å². The van der Waals surface area contributed by atoms with Crippen LogP contribution in [0.25, 0.3) is 0 Å². The molecule has 0 spiro atoms. The first kappa shape index (κ1) is 12.0. The van der Waals surface area contributed by atoms with Crippen LogP contribution in [-0.4, -0.2) is 11.8 Å². The molecule has 0 bridgehead atoms. The largest absolute Gasteiger partial charge is 0.296 e. The Morgan fingerprint density at radius 1 is 1.47 bits per heavy atom. The highest BCUT2D eigenvalue weighted by molar-refractivity contribution is 6.06. The van der Waals surface area contributed by atoms with Crippen LogP contribution in [0.5, 0.6) is 0 Å². The van der Waals surface area contributed by atoms with Crippen molar-refractivity contribution in [3.05, 3.63) is 11.6 Å². The number of amides is 2. The molecule has 1 fully saturated rings. The highest BCUT2D eigenvalue weighted by atomic mass is 16.2. The van der Waals surface area contributed by atoms with Crippen LogP contribution in [0.2, 0.25) is 0 Å². The van der Waals surface area contributed by atoms with Gasteiger partial charge in [-0.15, -0.1) is 0 Å². The van der Waals surface area contributed by atoms with Crippen molar-refractivity contribution in [2.24, 2.45) is 5.41 Å². The highest BCUT2D eigenvalue weighted by Gasteiger charge is 2.44. The molecule has 1 N–H and O–H groups in total. The van der Waals surface area contributed by atoms with Crippen molar-refractivity contribution in [2.75, 3.05) is 0 Å². The van der Waals surface area contributed by atoms with E-state index in [9.17, 15) is 9.59 Å². The van der Waals surface area contributed by atoms with Crippen LogP contribution >= 0.6 is 0 Å². The average molecular weight is 209 g/mol. The smallest absolute Gasteiger partial charge is 0.237 e. The minimum atomic E-state index is -0.564. The number of rotatable bonds is 4. The van der Waals surface area contributed by atoms with Crippen molar-refractivity contribution >= 4 is 11.8 Å². The summed E-state index contributed by atoms with van der Waals surface area (Å²) in [6.45, 7) is 6.01. The van der Waals surface area contributed by atoms with E-state index in [1.165, 1.54) is 0 Å². The van der Waals surface area contributed by atoms with Gasteiger partial charge in [-0.2, -0.15) is 0 Å². The summed E-state index contributed by atoms with van der Waals surface area (Å²) in [5.41, 5.74) is 0.530. The maximum absolute atomic E-state index is 11.8. The van der Waals surface area contributed by atoms with Gasteiger partial charge in [0.2, 0.25) is 11.8 Å². The van der Waals surface area contributed by atoms with Crippen LogP contribution in [0.15, 0.2) is 11.6 Å². The molecular formula is C12H19NO2. The fraction of sp³-hybridized carbons (Fsp3) is 0.667. The monoisotopic (exact) mass is 209 g/mol. The number of unbranched alkanes of at least 4 members (excludes halogenated alkanes) is 1. The average Bonchev–Trinajstić information content (AvgIpc) is 2.37. The molecule has 0 aromatic carbocycles. The Morgan fingerprint density at radius 3 is 2.53 bits per heavy atom. The normalized spacial score (nSPS) is 25.3. The summed E-state index contributed by atoms with van der Waals surface area (Å²) in [6, 6.07) is 0. The second-order valence-corrected chi connectivity index (χ2v) is 4.54. The SMILES string of the molecule is CCCCC1(C=C(C)C)CC(=O)NC1=O. The van der Waals surface area contributed by atoms with Gasteiger partial charge in [0.1, 0.15) is 0 Å². The zero-order valence-corrected chi connectivity index (χ0v) is 9.72. The van der Waals surface area contributed by atoms with Gasteiger partial charge in [0, 0.05) is 6.42 Å². The Morgan fingerprint density at radius 2 is 2.13 bits per heavy atom. The van der Waals surface area contributed by atoms with Crippen LogP contribution in [0.4, 0.5) is 0 Å². The molecule has 0 aromatic heterocycles. The van der Waals surface area contributed by atoms with E-state index in [0.29, 0.717) is 6.42 Å². The summed E-state index contributed by atoms with van der Waals surface area (Å²) in [5.74, 6) is -0.268. The summed E-state index contributed by atoms with van der Waals surface area (Å²) in [5, 5.41) is 2.40. The van der Waals surface area contributed by atoms with Crippen molar-refractivity contribution in [2.45, 2.75) is 46.5 Å². The van der Waals surface area contributed by atoms with E-state index < -0.39 is 5.41 Å². The molecule has 1 saturated heterocycles. The lowest BCUT2D eigenvalue weighted by molar-refractivity contribution is -0.127. The molecule has 1 aliphatic heterocycles. The Kier molecular flexibility index (Phi) is 3.66. The van der Waals surface area contributed by atoms with E-state index in [1.807, 2.05) is 19.9 Å². The second kappa shape index (κ2) is 4.60. The van der Waals surface area contributed by atoms with E-state index in [4.69, 9.17) is 0 Å². The molecule has 3 nitrogen and oxygen atoms in total. The molecule has 1 heterocycles. The summed E-state index contributed by atoms with van der Waals surface area (Å²) in [7, 11) is 0. The van der Waals surface area contributed by atoms with Gasteiger partial charge in [0.25, 0.3) is 0 Å². The number of imide groups is 1. The number of allylic oxidation sites excluding steroid dienone is 1. The molecule has 84 valence electrons. The van der Waals surface area contributed by atoms with Crippen molar-refractivity contribution in [1.29, 1.82) is 0 Å². The third-order valence-corrected chi connectivity index (χ3v) is 2.72. The molecule has 0 saturated carbocycles. The molecule has 0 aromatic rings. The number of hydrogen-bond acceptors (Lipinski definition) is 2. The Balaban J connectivity index is 2.91. The molecule has 3 heteroatoms. The molecule has 15 heavy (non-hydrogen) atoms. The van der Waals surface area contributed by atoms with Gasteiger partial charge in [-0.25, -0.2) is 0 Å². The Labute approximate surface area is 90.9 Å². The third kappa shape index (κ3) is 2.67. The van der Waals surface area contributed by atoms with Crippen molar-refractivity contribution in [3.63, 3.8) is 0 Å². The first-order chi connectivity index (χ1) is 7.00. The Hall–Kier alpha value is -1.12. The van der Waals surface area contributed by atoms with Crippen LogP contribution in [0.1, 0.15) is 46.5 Å². The molecule has 1 atom stereocenters. The van der Waals surface area contributed by atoms with E-state index in [0.717, 1.165) is 24.8 Å².